The fourth-order valence-electron chi connectivity index (χ4n) is 1.77. The van der Waals surface area contributed by atoms with Gasteiger partial charge >= 0.3 is 0 Å². The molecule has 3 rings (SSSR count). The van der Waals surface area contributed by atoms with E-state index in [1.165, 1.54) is 22.0 Å². The summed E-state index contributed by atoms with van der Waals surface area (Å²) in [5.74, 6) is 0. The highest BCUT2D eigenvalue weighted by molar-refractivity contribution is 7.09. The molecule has 1 aromatic heterocycles. The van der Waals surface area contributed by atoms with E-state index in [-0.39, 0.29) is 0 Å². The first-order valence-corrected chi connectivity index (χ1v) is 6.76. The van der Waals surface area contributed by atoms with Crippen molar-refractivity contribution >= 4 is 23.1 Å². The van der Waals surface area contributed by atoms with Crippen molar-refractivity contribution in [3.8, 4) is 21.7 Å². The van der Waals surface area contributed by atoms with Crippen LogP contribution in [0.3, 0.4) is 0 Å². The van der Waals surface area contributed by atoms with Gasteiger partial charge in [0.2, 0.25) is 0 Å². The van der Waals surface area contributed by atoms with Crippen LogP contribution in [-0.4, -0.2) is 4.37 Å². The number of hydrogen-bond donors (Lipinski definition) is 0. The molecule has 0 radical (unpaired) electrons. The molecule has 0 unspecified atom stereocenters. The van der Waals surface area contributed by atoms with Gasteiger partial charge in [0.15, 0.2) is 0 Å². The number of nitrogens with zero attached hydrogens (tertiary/aromatic N) is 1. The van der Waals surface area contributed by atoms with Crippen molar-refractivity contribution in [1.82, 2.24) is 4.37 Å². The van der Waals surface area contributed by atoms with E-state index in [1.807, 2.05) is 42.5 Å². The third-order valence-corrected chi connectivity index (χ3v) is 3.80. The molecule has 0 aliphatic rings. The quantitative estimate of drug-likeness (QED) is 0.630. The molecule has 3 heteroatoms. The molecule has 2 aromatic carbocycles. The van der Waals surface area contributed by atoms with Crippen LogP contribution in [0.5, 0.6) is 0 Å². The van der Waals surface area contributed by atoms with Gasteiger partial charge in [0, 0.05) is 10.6 Å². The van der Waals surface area contributed by atoms with Crippen LogP contribution in [0, 0.1) is 0 Å². The first-order valence-electron chi connectivity index (χ1n) is 5.61. The van der Waals surface area contributed by atoms with Crippen LogP contribution in [0.4, 0.5) is 0 Å². The molecule has 0 saturated carbocycles. The molecule has 0 spiro atoms. The van der Waals surface area contributed by atoms with E-state index in [1.54, 1.807) is 0 Å². The number of benzene rings is 2. The second-order valence-electron chi connectivity index (χ2n) is 3.95. The summed E-state index contributed by atoms with van der Waals surface area (Å²) >= 11 is 7.40. The summed E-state index contributed by atoms with van der Waals surface area (Å²) in [6.07, 6.45) is 0. The Balaban J connectivity index is 1.97. The molecule has 88 valence electrons. The Hall–Kier alpha value is -1.64. The molecule has 0 aliphatic carbocycles. The van der Waals surface area contributed by atoms with Crippen molar-refractivity contribution in [2.75, 3.05) is 0 Å². The molecule has 0 aliphatic heterocycles. The Morgan fingerprint density at radius 2 is 1.56 bits per heavy atom. The molecule has 18 heavy (non-hydrogen) atoms. The van der Waals surface area contributed by atoms with Gasteiger partial charge in [-0.2, -0.15) is 4.37 Å². The molecule has 0 N–H and O–H groups in total. The molecule has 0 amide bonds. The number of hydrogen-bond acceptors (Lipinski definition) is 2. The van der Waals surface area contributed by atoms with Gasteiger partial charge in [-0.25, -0.2) is 0 Å². The third-order valence-electron chi connectivity index (χ3n) is 2.71. The molecule has 0 saturated heterocycles. The van der Waals surface area contributed by atoms with Crippen molar-refractivity contribution < 1.29 is 0 Å². The maximum Gasteiger partial charge on any atom is 0.0847 e. The summed E-state index contributed by atoms with van der Waals surface area (Å²) in [6.45, 7) is 0. The van der Waals surface area contributed by atoms with E-state index in [0.29, 0.717) is 0 Å². The van der Waals surface area contributed by atoms with Crippen LogP contribution in [0.15, 0.2) is 60.7 Å². The Bertz CT molecular complexity index is 644. The van der Waals surface area contributed by atoms with E-state index in [0.717, 1.165) is 16.3 Å². The predicted molar refractivity (Wildman–Crippen MR) is 78.0 cm³/mol. The van der Waals surface area contributed by atoms with Crippen LogP contribution in [0.2, 0.25) is 5.02 Å². The molecule has 0 bridgehead atoms. The zero-order valence-corrected chi connectivity index (χ0v) is 11.1. The number of rotatable bonds is 2. The largest absolute Gasteiger partial charge is 0.192 e. The van der Waals surface area contributed by atoms with Crippen LogP contribution < -0.4 is 0 Å². The summed E-state index contributed by atoms with van der Waals surface area (Å²) in [7, 11) is 0. The number of halogens is 1. The fourth-order valence-corrected chi connectivity index (χ4v) is 2.66. The van der Waals surface area contributed by atoms with Crippen molar-refractivity contribution in [2.45, 2.75) is 0 Å². The fraction of sp³-hybridized carbons (Fsp3) is 0. The van der Waals surface area contributed by atoms with E-state index in [9.17, 15) is 0 Å². The molecular weight excluding hydrogens is 262 g/mol. The van der Waals surface area contributed by atoms with E-state index in [2.05, 4.69) is 22.6 Å². The Morgan fingerprint density at radius 1 is 0.833 bits per heavy atom. The van der Waals surface area contributed by atoms with Crippen LogP contribution in [0.1, 0.15) is 0 Å². The zero-order valence-electron chi connectivity index (χ0n) is 9.51. The lowest BCUT2D eigenvalue weighted by Gasteiger charge is -1.96. The van der Waals surface area contributed by atoms with Crippen molar-refractivity contribution in [2.24, 2.45) is 0 Å². The van der Waals surface area contributed by atoms with Gasteiger partial charge < -0.3 is 0 Å². The van der Waals surface area contributed by atoms with Crippen LogP contribution in [0.25, 0.3) is 21.7 Å². The SMILES string of the molecule is Clc1ccc(-c2cc(-c3ccccc3)sn2)cc1. The van der Waals surface area contributed by atoms with E-state index < -0.39 is 0 Å². The molecular formula is C15H10ClNS. The molecule has 1 nitrogen and oxygen atoms in total. The highest BCUT2D eigenvalue weighted by Crippen LogP contribution is 2.29. The lowest BCUT2D eigenvalue weighted by atomic mass is 10.1. The van der Waals surface area contributed by atoms with E-state index >= 15 is 0 Å². The van der Waals surface area contributed by atoms with Crippen molar-refractivity contribution in [3.05, 3.63) is 65.7 Å². The summed E-state index contributed by atoms with van der Waals surface area (Å²) in [6, 6.07) is 20.2. The topological polar surface area (TPSA) is 12.9 Å². The van der Waals surface area contributed by atoms with Gasteiger partial charge in [-0.3, -0.25) is 0 Å². The second kappa shape index (κ2) is 4.92. The molecule has 1 heterocycles. The summed E-state index contributed by atoms with van der Waals surface area (Å²) < 4.78 is 4.49. The summed E-state index contributed by atoms with van der Waals surface area (Å²) in [5, 5.41) is 0.747. The van der Waals surface area contributed by atoms with Gasteiger partial charge in [-0.15, -0.1) is 0 Å². The van der Waals surface area contributed by atoms with E-state index in [4.69, 9.17) is 11.6 Å². The zero-order chi connectivity index (χ0) is 12.4. The smallest absolute Gasteiger partial charge is 0.0847 e. The first-order chi connectivity index (χ1) is 8.83. The number of aromatic nitrogens is 1. The minimum Gasteiger partial charge on any atom is -0.192 e. The Labute approximate surface area is 115 Å². The maximum atomic E-state index is 5.88. The van der Waals surface area contributed by atoms with Gasteiger partial charge in [0.05, 0.1) is 10.6 Å². The predicted octanol–water partition coefficient (Wildman–Crippen LogP) is 5.13. The standard InChI is InChI=1S/C15H10ClNS/c16-13-8-6-11(7-9-13)14-10-15(18-17-14)12-4-2-1-3-5-12/h1-10H. The summed E-state index contributed by atoms with van der Waals surface area (Å²) in [5.41, 5.74) is 3.29. The van der Waals surface area contributed by atoms with Gasteiger partial charge in [0.1, 0.15) is 0 Å². The van der Waals surface area contributed by atoms with Gasteiger partial charge in [-0.05, 0) is 35.3 Å². The Kier molecular flexibility index (Phi) is 3.13. The lowest BCUT2D eigenvalue weighted by Crippen LogP contribution is -1.75. The lowest BCUT2D eigenvalue weighted by molar-refractivity contribution is 1.52. The first kappa shape index (κ1) is 11.5. The average Bonchev–Trinajstić information content (AvgIpc) is 2.90. The Morgan fingerprint density at radius 3 is 2.28 bits per heavy atom. The summed E-state index contributed by atoms with van der Waals surface area (Å²) in [4.78, 5) is 1.18. The molecule has 3 aromatic rings. The third kappa shape index (κ3) is 2.30. The maximum absolute atomic E-state index is 5.88. The normalized spacial score (nSPS) is 10.5. The highest BCUT2D eigenvalue weighted by Gasteiger charge is 2.05. The second-order valence-corrected chi connectivity index (χ2v) is 5.19. The minimum atomic E-state index is 0.747. The average molecular weight is 272 g/mol. The van der Waals surface area contributed by atoms with Crippen LogP contribution >= 0.6 is 23.1 Å². The highest BCUT2D eigenvalue weighted by atomic mass is 35.5. The monoisotopic (exact) mass is 271 g/mol. The minimum absolute atomic E-state index is 0.747. The molecule has 0 atom stereocenters. The van der Waals surface area contributed by atoms with Gasteiger partial charge in [-0.1, -0.05) is 54.1 Å². The van der Waals surface area contributed by atoms with Crippen molar-refractivity contribution in [3.63, 3.8) is 0 Å². The molecule has 0 fully saturated rings. The van der Waals surface area contributed by atoms with Crippen molar-refractivity contribution in [1.29, 1.82) is 0 Å². The van der Waals surface area contributed by atoms with Crippen LogP contribution in [-0.2, 0) is 0 Å². The van der Waals surface area contributed by atoms with Gasteiger partial charge in [0.25, 0.3) is 0 Å².